The first-order valence-electron chi connectivity index (χ1n) is 7.15. The fourth-order valence-corrected chi connectivity index (χ4v) is 3.20. The molecule has 0 saturated heterocycles. The van der Waals surface area contributed by atoms with Gasteiger partial charge >= 0.3 is 0 Å². The van der Waals surface area contributed by atoms with Crippen LogP contribution < -0.4 is 5.73 Å². The lowest BCUT2D eigenvalue weighted by Crippen LogP contribution is -2.29. The highest BCUT2D eigenvalue weighted by Gasteiger charge is 2.19. The number of hydrogen-bond donors (Lipinski definition) is 1. The molecule has 0 fully saturated rings. The van der Waals surface area contributed by atoms with E-state index in [1.54, 1.807) is 16.2 Å². The smallest absolute Gasteiger partial charge is 0.254 e. The predicted octanol–water partition coefficient (Wildman–Crippen LogP) is 3.39. The summed E-state index contributed by atoms with van der Waals surface area (Å²) in [5, 5.41) is 0. The maximum absolute atomic E-state index is 12.5. The van der Waals surface area contributed by atoms with E-state index in [0.29, 0.717) is 6.54 Å². The van der Waals surface area contributed by atoms with Crippen LogP contribution in [0.3, 0.4) is 0 Å². The number of nitrogens with zero attached hydrogens (tertiary/aromatic N) is 1. The van der Waals surface area contributed by atoms with Gasteiger partial charge in [-0.25, -0.2) is 0 Å². The largest absolute Gasteiger partial charge is 0.334 e. The van der Waals surface area contributed by atoms with Crippen molar-refractivity contribution in [3.8, 4) is 0 Å². The second kappa shape index (κ2) is 6.87. The summed E-state index contributed by atoms with van der Waals surface area (Å²) in [6.45, 7) is 4.77. The number of carbonyl (C=O) groups excluding carboxylic acids is 1. The minimum absolute atomic E-state index is 0.0489. The maximum Gasteiger partial charge on any atom is 0.254 e. The quantitative estimate of drug-likeness (QED) is 0.920. The SMILES string of the molecule is Cc1ccc(C(C)N(C)C(=O)c2ccc(CCN)cc2)s1. The molecule has 0 spiro atoms. The van der Waals surface area contributed by atoms with Gasteiger partial charge in [-0.1, -0.05) is 12.1 Å². The number of thiophene rings is 1. The molecular formula is C17H22N2OS. The first kappa shape index (κ1) is 15.7. The van der Waals surface area contributed by atoms with Crippen LogP contribution in [0.25, 0.3) is 0 Å². The van der Waals surface area contributed by atoms with Crippen LogP contribution >= 0.6 is 11.3 Å². The summed E-state index contributed by atoms with van der Waals surface area (Å²) in [6.07, 6.45) is 0.842. The molecule has 0 aliphatic carbocycles. The van der Waals surface area contributed by atoms with E-state index in [0.717, 1.165) is 12.0 Å². The van der Waals surface area contributed by atoms with E-state index in [-0.39, 0.29) is 11.9 Å². The van der Waals surface area contributed by atoms with Gasteiger partial charge in [-0.2, -0.15) is 0 Å². The average molecular weight is 302 g/mol. The lowest BCUT2D eigenvalue weighted by atomic mass is 10.1. The Kier molecular flexibility index (Phi) is 5.15. The highest BCUT2D eigenvalue weighted by atomic mass is 32.1. The molecule has 2 rings (SSSR count). The van der Waals surface area contributed by atoms with Crippen LogP contribution in [0.2, 0.25) is 0 Å². The summed E-state index contributed by atoms with van der Waals surface area (Å²) < 4.78 is 0. The van der Waals surface area contributed by atoms with Gasteiger partial charge in [-0.3, -0.25) is 4.79 Å². The summed E-state index contributed by atoms with van der Waals surface area (Å²) >= 11 is 1.74. The summed E-state index contributed by atoms with van der Waals surface area (Å²) in [6, 6.07) is 12.0. The first-order chi connectivity index (χ1) is 10.0. The van der Waals surface area contributed by atoms with E-state index in [1.165, 1.54) is 15.3 Å². The van der Waals surface area contributed by atoms with Gasteiger partial charge in [0.05, 0.1) is 6.04 Å². The van der Waals surface area contributed by atoms with Gasteiger partial charge in [0, 0.05) is 22.4 Å². The topological polar surface area (TPSA) is 46.3 Å². The Labute approximate surface area is 130 Å². The normalized spacial score (nSPS) is 12.2. The molecule has 0 aliphatic rings. The number of hydrogen-bond acceptors (Lipinski definition) is 3. The number of nitrogens with two attached hydrogens (primary N) is 1. The van der Waals surface area contributed by atoms with Gasteiger partial charge in [0.1, 0.15) is 0 Å². The van der Waals surface area contributed by atoms with Crippen molar-refractivity contribution < 1.29 is 4.79 Å². The molecule has 4 heteroatoms. The zero-order valence-corrected chi connectivity index (χ0v) is 13.6. The van der Waals surface area contributed by atoms with Crippen molar-refractivity contribution in [2.75, 3.05) is 13.6 Å². The van der Waals surface area contributed by atoms with Gasteiger partial charge in [0.15, 0.2) is 0 Å². The zero-order valence-electron chi connectivity index (χ0n) is 12.8. The highest BCUT2D eigenvalue weighted by Crippen LogP contribution is 2.27. The van der Waals surface area contributed by atoms with E-state index in [9.17, 15) is 4.79 Å². The number of amides is 1. The molecule has 1 aromatic heterocycles. The molecule has 0 aliphatic heterocycles. The van der Waals surface area contributed by atoms with E-state index in [4.69, 9.17) is 5.73 Å². The van der Waals surface area contributed by atoms with E-state index >= 15 is 0 Å². The van der Waals surface area contributed by atoms with E-state index in [2.05, 4.69) is 26.0 Å². The Morgan fingerprint density at radius 1 is 1.24 bits per heavy atom. The summed E-state index contributed by atoms with van der Waals surface area (Å²) in [5.41, 5.74) is 7.42. The zero-order chi connectivity index (χ0) is 15.4. The van der Waals surface area contributed by atoms with Crippen molar-refractivity contribution in [1.29, 1.82) is 0 Å². The Morgan fingerprint density at radius 3 is 2.43 bits per heavy atom. The number of aryl methyl sites for hydroxylation is 1. The van der Waals surface area contributed by atoms with Crippen LogP contribution in [0.4, 0.5) is 0 Å². The van der Waals surface area contributed by atoms with E-state index < -0.39 is 0 Å². The minimum Gasteiger partial charge on any atom is -0.334 e. The molecule has 112 valence electrons. The third kappa shape index (κ3) is 3.71. The Hall–Kier alpha value is -1.65. The average Bonchev–Trinajstić information content (AvgIpc) is 2.92. The van der Waals surface area contributed by atoms with Crippen LogP contribution in [0, 0.1) is 6.92 Å². The molecule has 2 aromatic rings. The summed E-state index contributed by atoms with van der Waals surface area (Å²) in [4.78, 5) is 16.8. The fraction of sp³-hybridized carbons (Fsp3) is 0.353. The maximum atomic E-state index is 12.5. The lowest BCUT2D eigenvalue weighted by molar-refractivity contribution is 0.0745. The molecule has 0 bridgehead atoms. The molecule has 1 unspecified atom stereocenters. The molecule has 2 N–H and O–H groups in total. The second-order valence-corrected chi connectivity index (χ2v) is 6.60. The minimum atomic E-state index is 0.0489. The third-order valence-electron chi connectivity index (χ3n) is 3.71. The standard InChI is InChI=1S/C17H22N2OS/c1-12-4-9-16(21-12)13(2)19(3)17(20)15-7-5-14(6-8-15)10-11-18/h4-9,13H,10-11,18H2,1-3H3. The monoisotopic (exact) mass is 302 g/mol. The van der Waals surface area contributed by atoms with Crippen LogP contribution in [0.5, 0.6) is 0 Å². The number of carbonyl (C=O) groups is 1. The van der Waals surface area contributed by atoms with Gasteiger partial charge in [-0.05, 0) is 56.6 Å². The molecule has 0 saturated carbocycles. The Morgan fingerprint density at radius 2 is 1.90 bits per heavy atom. The molecular weight excluding hydrogens is 280 g/mol. The Balaban J connectivity index is 2.11. The molecule has 0 radical (unpaired) electrons. The van der Waals surface area contributed by atoms with Gasteiger partial charge in [-0.15, -0.1) is 11.3 Å². The summed E-state index contributed by atoms with van der Waals surface area (Å²) in [7, 11) is 1.86. The van der Waals surface area contributed by atoms with Crippen molar-refractivity contribution in [2.24, 2.45) is 5.73 Å². The number of benzene rings is 1. The summed E-state index contributed by atoms with van der Waals surface area (Å²) in [5.74, 6) is 0.0489. The molecule has 1 amide bonds. The fourth-order valence-electron chi connectivity index (χ4n) is 2.23. The van der Waals surface area contributed by atoms with Crippen molar-refractivity contribution in [3.63, 3.8) is 0 Å². The Bertz CT molecular complexity index is 604. The predicted molar refractivity (Wildman–Crippen MR) is 88.8 cm³/mol. The molecule has 21 heavy (non-hydrogen) atoms. The molecule has 3 nitrogen and oxygen atoms in total. The van der Waals surface area contributed by atoms with Crippen molar-refractivity contribution in [2.45, 2.75) is 26.3 Å². The van der Waals surface area contributed by atoms with Crippen LogP contribution in [0.1, 0.15) is 38.6 Å². The van der Waals surface area contributed by atoms with Crippen molar-refractivity contribution in [3.05, 3.63) is 57.3 Å². The van der Waals surface area contributed by atoms with Crippen LogP contribution in [0.15, 0.2) is 36.4 Å². The third-order valence-corrected chi connectivity index (χ3v) is 4.88. The molecule has 1 atom stereocenters. The molecule has 1 aromatic carbocycles. The van der Waals surface area contributed by atoms with E-state index in [1.807, 2.05) is 31.3 Å². The van der Waals surface area contributed by atoms with Gasteiger partial charge in [0.2, 0.25) is 0 Å². The highest BCUT2D eigenvalue weighted by molar-refractivity contribution is 7.12. The van der Waals surface area contributed by atoms with Crippen LogP contribution in [-0.4, -0.2) is 24.4 Å². The van der Waals surface area contributed by atoms with Crippen molar-refractivity contribution in [1.82, 2.24) is 4.90 Å². The number of rotatable bonds is 5. The second-order valence-electron chi connectivity index (χ2n) is 5.28. The van der Waals surface area contributed by atoms with Crippen LogP contribution in [-0.2, 0) is 6.42 Å². The van der Waals surface area contributed by atoms with Gasteiger partial charge in [0.25, 0.3) is 5.91 Å². The first-order valence-corrected chi connectivity index (χ1v) is 7.97. The van der Waals surface area contributed by atoms with Crippen molar-refractivity contribution >= 4 is 17.2 Å². The van der Waals surface area contributed by atoms with Gasteiger partial charge < -0.3 is 10.6 Å². The lowest BCUT2D eigenvalue weighted by Gasteiger charge is -2.24. The molecule has 1 heterocycles.